The van der Waals surface area contributed by atoms with Gasteiger partial charge in [0.25, 0.3) is 5.91 Å². The smallest absolute Gasteiger partial charge is 0.251 e. The van der Waals surface area contributed by atoms with Crippen LogP contribution >= 0.6 is 11.6 Å². The van der Waals surface area contributed by atoms with Crippen molar-refractivity contribution in [1.29, 1.82) is 0 Å². The van der Waals surface area contributed by atoms with Crippen LogP contribution in [0.4, 0.5) is 5.69 Å². The molecule has 0 saturated carbocycles. The fraction of sp³-hybridized carbons (Fsp3) is 0.263. The van der Waals surface area contributed by atoms with Gasteiger partial charge >= 0.3 is 0 Å². The number of nitrogens with zero attached hydrogens (tertiary/aromatic N) is 1. The highest BCUT2D eigenvalue weighted by molar-refractivity contribution is 6.31. The average molecular weight is 359 g/mol. The highest BCUT2D eigenvalue weighted by Gasteiger charge is 2.39. The van der Waals surface area contributed by atoms with Gasteiger partial charge in [-0.05, 0) is 42.8 Å². The molecule has 0 spiro atoms. The van der Waals surface area contributed by atoms with Gasteiger partial charge in [0.2, 0.25) is 5.91 Å². The highest BCUT2D eigenvalue weighted by Crippen LogP contribution is 2.25. The maximum absolute atomic E-state index is 12.6. The van der Waals surface area contributed by atoms with Crippen molar-refractivity contribution < 1.29 is 14.3 Å². The van der Waals surface area contributed by atoms with Crippen molar-refractivity contribution in [1.82, 2.24) is 5.32 Å². The summed E-state index contributed by atoms with van der Waals surface area (Å²) in [5.41, 5.74) is 1.45. The zero-order valence-corrected chi connectivity index (χ0v) is 14.6. The molecule has 1 saturated heterocycles. The Morgan fingerprint density at radius 1 is 1.16 bits per heavy atom. The first-order chi connectivity index (χ1) is 12.1. The molecule has 1 N–H and O–H groups in total. The second kappa shape index (κ2) is 7.68. The molecule has 0 aliphatic carbocycles. The highest BCUT2D eigenvalue weighted by atomic mass is 35.5. The SMILES string of the molecule is CCOc1ccc(N2C(=O)C[C@H](NCc3ccccc3Cl)C2=O)cc1. The molecule has 2 amide bonds. The van der Waals surface area contributed by atoms with Gasteiger partial charge in [0.1, 0.15) is 5.75 Å². The molecule has 0 aromatic heterocycles. The van der Waals surface area contributed by atoms with Gasteiger partial charge < -0.3 is 10.1 Å². The van der Waals surface area contributed by atoms with E-state index in [1.807, 2.05) is 25.1 Å². The lowest BCUT2D eigenvalue weighted by Crippen LogP contribution is -2.38. The normalized spacial score (nSPS) is 17.2. The predicted octanol–water partition coefficient (Wildman–Crippen LogP) is 3.16. The lowest BCUT2D eigenvalue weighted by Gasteiger charge is -2.16. The van der Waals surface area contributed by atoms with E-state index in [0.717, 1.165) is 5.56 Å². The maximum Gasteiger partial charge on any atom is 0.251 e. The minimum Gasteiger partial charge on any atom is -0.494 e. The number of halogens is 1. The van der Waals surface area contributed by atoms with Gasteiger partial charge in [-0.2, -0.15) is 0 Å². The summed E-state index contributed by atoms with van der Waals surface area (Å²) in [5, 5.41) is 3.76. The number of carbonyl (C=O) groups excluding carboxylic acids is 2. The first-order valence-corrected chi connectivity index (χ1v) is 8.54. The fourth-order valence-electron chi connectivity index (χ4n) is 2.80. The minimum absolute atomic E-state index is 0.135. The van der Waals surface area contributed by atoms with Gasteiger partial charge in [-0.15, -0.1) is 0 Å². The Labute approximate surface area is 151 Å². The number of imide groups is 1. The summed E-state index contributed by atoms with van der Waals surface area (Å²) < 4.78 is 5.38. The summed E-state index contributed by atoms with van der Waals surface area (Å²) >= 11 is 6.13. The van der Waals surface area contributed by atoms with E-state index in [1.54, 1.807) is 30.3 Å². The van der Waals surface area contributed by atoms with Crippen molar-refractivity contribution in [2.24, 2.45) is 0 Å². The summed E-state index contributed by atoms with van der Waals surface area (Å²) in [5.74, 6) is 0.241. The van der Waals surface area contributed by atoms with Crippen LogP contribution in [0.5, 0.6) is 5.75 Å². The number of hydrogen-bond donors (Lipinski definition) is 1. The molecule has 2 aromatic rings. The van der Waals surface area contributed by atoms with E-state index >= 15 is 0 Å². The van der Waals surface area contributed by atoms with Gasteiger partial charge in [0.15, 0.2) is 0 Å². The quantitative estimate of drug-likeness (QED) is 0.806. The van der Waals surface area contributed by atoms with E-state index in [0.29, 0.717) is 29.6 Å². The van der Waals surface area contributed by atoms with E-state index in [-0.39, 0.29) is 18.2 Å². The standard InChI is InChI=1S/C19H19ClN2O3/c1-2-25-15-9-7-14(8-10-15)22-18(23)11-17(19(22)24)21-12-13-5-3-4-6-16(13)20/h3-10,17,21H,2,11-12H2,1H3/t17-/m0/s1. The van der Waals surface area contributed by atoms with E-state index in [2.05, 4.69) is 5.32 Å². The Morgan fingerprint density at radius 3 is 2.56 bits per heavy atom. The molecule has 130 valence electrons. The number of carbonyl (C=O) groups is 2. The van der Waals surface area contributed by atoms with Gasteiger partial charge in [-0.3, -0.25) is 9.59 Å². The molecule has 0 radical (unpaired) electrons. The van der Waals surface area contributed by atoms with E-state index in [1.165, 1.54) is 4.90 Å². The van der Waals surface area contributed by atoms with Crippen molar-refractivity contribution in [2.45, 2.75) is 25.9 Å². The molecule has 3 rings (SSSR count). The van der Waals surface area contributed by atoms with E-state index in [4.69, 9.17) is 16.3 Å². The topological polar surface area (TPSA) is 58.6 Å². The van der Waals surface area contributed by atoms with Crippen molar-refractivity contribution in [2.75, 3.05) is 11.5 Å². The van der Waals surface area contributed by atoms with Crippen LogP contribution in [0.1, 0.15) is 18.9 Å². The molecule has 0 bridgehead atoms. The number of hydrogen-bond acceptors (Lipinski definition) is 4. The van der Waals surface area contributed by atoms with E-state index in [9.17, 15) is 9.59 Å². The lowest BCUT2D eigenvalue weighted by atomic mass is 10.2. The summed E-state index contributed by atoms with van der Waals surface area (Å²) in [4.78, 5) is 26.1. The summed E-state index contributed by atoms with van der Waals surface area (Å²) in [6, 6.07) is 13.8. The number of anilines is 1. The molecular formula is C19H19ClN2O3. The number of benzene rings is 2. The molecular weight excluding hydrogens is 340 g/mol. The van der Waals surface area contributed by atoms with Gasteiger partial charge in [-0.25, -0.2) is 4.90 Å². The van der Waals surface area contributed by atoms with Crippen molar-refractivity contribution in [3.63, 3.8) is 0 Å². The molecule has 5 nitrogen and oxygen atoms in total. The van der Waals surface area contributed by atoms with Crippen LogP contribution in [0, 0.1) is 0 Å². The number of nitrogens with one attached hydrogen (secondary N) is 1. The molecule has 25 heavy (non-hydrogen) atoms. The molecule has 6 heteroatoms. The largest absolute Gasteiger partial charge is 0.494 e. The van der Waals surface area contributed by atoms with Gasteiger partial charge in [0, 0.05) is 11.6 Å². The number of ether oxygens (including phenoxy) is 1. The fourth-order valence-corrected chi connectivity index (χ4v) is 3.00. The third-order valence-corrected chi connectivity index (χ3v) is 4.42. The average Bonchev–Trinajstić information content (AvgIpc) is 2.89. The summed E-state index contributed by atoms with van der Waals surface area (Å²) in [7, 11) is 0. The van der Waals surface area contributed by atoms with Crippen molar-refractivity contribution in [3.05, 3.63) is 59.1 Å². The van der Waals surface area contributed by atoms with Crippen LogP contribution in [0.25, 0.3) is 0 Å². The minimum atomic E-state index is -0.546. The van der Waals surface area contributed by atoms with Crippen LogP contribution < -0.4 is 15.0 Å². The second-order valence-corrected chi connectivity index (χ2v) is 6.13. The van der Waals surface area contributed by atoms with Crippen LogP contribution in [-0.4, -0.2) is 24.5 Å². The Bertz CT molecular complexity index is 776. The lowest BCUT2D eigenvalue weighted by molar-refractivity contribution is -0.121. The Morgan fingerprint density at radius 2 is 1.88 bits per heavy atom. The van der Waals surface area contributed by atoms with Gasteiger partial charge in [-0.1, -0.05) is 29.8 Å². The molecule has 1 heterocycles. The zero-order valence-electron chi connectivity index (χ0n) is 13.9. The Kier molecular flexibility index (Phi) is 5.36. The first kappa shape index (κ1) is 17.5. The van der Waals surface area contributed by atoms with Crippen molar-refractivity contribution >= 4 is 29.1 Å². The predicted molar refractivity (Wildman–Crippen MR) is 96.8 cm³/mol. The molecule has 1 atom stereocenters. The molecule has 1 fully saturated rings. The maximum atomic E-state index is 12.6. The Balaban J connectivity index is 1.68. The van der Waals surface area contributed by atoms with Gasteiger partial charge in [0.05, 0.1) is 24.8 Å². The number of amides is 2. The molecule has 0 unspecified atom stereocenters. The molecule has 1 aliphatic rings. The zero-order chi connectivity index (χ0) is 17.8. The van der Waals surface area contributed by atoms with Crippen molar-refractivity contribution in [3.8, 4) is 5.75 Å². The monoisotopic (exact) mass is 358 g/mol. The van der Waals surface area contributed by atoms with Crippen LogP contribution in [0.15, 0.2) is 48.5 Å². The molecule has 1 aliphatic heterocycles. The number of rotatable bonds is 6. The summed E-state index contributed by atoms with van der Waals surface area (Å²) in [6.07, 6.45) is 0.135. The van der Waals surface area contributed by atoms with Crippen LogP contribution in [0.2, 0.25) is 5.02 Å². The molecule has 2 aromatic carbocycles. The van der Waals surface area contributed by atoms with Crippen LogP contribution in [0.3, 0.4) is 0 Å². The van der Waals surface area contributed by atoms with Crippen LogP contribution in [-0.2, 0) is 16.1 Å². The van der Waals surface area contributed by atoms with E-state index < -0.39 is 6.04 Å². The first-order valence-electron chi connectivity index (χ1n) is 8.16. The second-order valence-electron chi connectivity index (χ2n) is 5.72. The Hall–Kier alpha value is -2.37. The third kappa shape index (κ3) is 3.83. The third-order valence-electron chi connectivity index (χ3n) is 4.05. The summed E-state index contributed by atoms with van der Waals surface area (Å²) in [6.45, 7) is 2.89.